The molecule has 2 rings (SSSR count). The Morgan fingerprint density at radius 2 is 1.90 bits per heavy atom. The largest absolute Gasteiger partial charge is 0.469 e. The molecule has 1 amide bonds. The molecule has 114 valence electrons. The summed E-state index contributed by atoms with van der Waals surface area (Å²) in [5.74, 6) is 0.00242. The van der Waals surface area contributed by atoms with Crippen molar-refractivity contribution >= 4 is 11.9 Å². The van der Waals surface area contributed by atoms with E-state index in [1.165, 1.54) is 7.11 Å². The second kappa shape index (κ2) is 6.12. The first-order chi connectivity index (χ1) is 9.45. The maximum absolute atomic E-state index is 12.7. The van der Waals surface area contributed by atoms with Crippen molar-refractivity contribution in [2.24, 2.45) is 11.3 Å². The van der Waals surface area contributed by atoms with Crippen LogP contribution in [0.15, 0.2) is 0 Å². The van der Waals surface area contributed by atoms with Gasteiger partial charge in [0.25, 0.3) is 0 Å². The Morgan fingerprint density at radius 3 is 2.45 bits per heavy atom. The van der Waals surface area contributed by atoms with Crippen LogP contribution in [-0.2, 0) is 14.3 Å². The van der Waals surface area contributed by atoms with Gasteiger partial charge < -0.3 is 15.0 Å². The van der Waals surface area contributed by atoms with Crippen LogP contribution in [-0.4, -0.2) is 49.6 Å². The Hall–Kier alpha value is -1.10. The van der Waals surface area contributed by atoms with Crippen LogP contribution in [0.1, 0.15) is 39.5 Å². The molecule has 1 unspecified atom stereocenters. The Labute approximate surface area is 121 Å². The molecule has 0 aromatic rings. The Bertz CT molecular complexity index is 373. The van der Waals surface area contributed by atoms with Gasteiger partial charge in [0.2, 0.25) is 5.91 Å². The minimum absolute atomic E-state index is 0.00846. The third kappa shape index (κ3) is 3.14. The molecule has 2 aliphatic rings. The lowest BCUT2D eigenvalue weighted by atomic mass is 9.76. The number of carbonyl (C=O) groups excluding carboxylic acids is 2. The number of hydrogen-bond acceptors (Lipinski definition) is 4. The first-order valence-corrected chi connectivity index (χ1v) is 7.55. The van der Waals surface area contributed by atoms with Crippen molar-refractivity contribution in [1.29, 1.82) is 0 Å². The summed E-state index contributed by atoms with van der Waals surface area (Å²) >= 11 is 0. The van der Waals surface area contributed by atoms with Gasteiger partial charge in [-0.2, -0.15) is 0 Å². The van der Waals surface area contributed by atoms with Gasteiger partial charge in [-0.3, -0.25) is 9.59 Å². The SMILES string of the molecule is COC(=O)C1CCN(C(=O)C2NCCCC2(C)C)CC1. The van der Waals surface area contributed by atoms with E-state index in [4.69, 9.17) is 4.74 Å². The zero-order chi connectivity index (χ0) is 14.8. The molecule has 0 aliphatic carbocycles. The molecule has 2 saturated heterocycles. The fourth-order valence-electron chi connectivity index (χ4n) is 3.32. The minimum atomic E-state index is -0.145. The number of amides is 1. The number of ether oxygens (including phenoxy) is 1. The number of esters is 1. The summed E-state index contributed by atoms with van der Waals surface area (Å²) in [5, 5.41) is 3.37. The monoisotopic (exact) mass is 282 g/mol. The fourth-order valence-corrected chi connectivity index (χ4v) is 3.32. The van der Waals surface area contributed by atoms with Crippen molar-refractivity contribution in [3.05, 3.63) is 0 Å². The number of piperidine rings is 2. The number of likely N-dealkylation sites (tertiary alicyclic amines) is 1. The number of nitrogens with zero attached hydrogens (tertiary/aromatic N) is 1. The maximum atomic E-state index is 12.7. The molecular weight excluding hydrogens is 256 g/mol. The zero-order valence-electron chi connectivity index (χ0n) is 12.8. The Balaban J connectivity index is 1.93. The van der Waals surface area contributed by atoms with Crippen molar-refractivity contribution in [1.82, 2.24) is 10.2 Å². The highest BCUT2D eigenvalue weighted by Crippen LogP contribution is 2.32. The van der Waals surface area contributed by atoms with Crippen LogP contribution in [0.25, 0.3) is 0 Å². The lowest BCUT2D eigenvalue weighted by molar-refractivity contribution is -0.150. The van der Waals surface area contributed by atoms with E-state index < -0.39 is 0 Å². The third-order valence-electron chi connectivity index (χ3n) is 4.72. The molecule has 5 nitrogen and oxygen atoms in total. The molecule has 1 N–H and O–H groups in total. The van der Waals surface area contributed by atoms with Crippen LogP contribution < -0.4 is 5.32 Å². The van der Waals surface area contributed by atoms with E-state index in [-0.39, 0.29) is 29.3 Å². The minimum Gasteiger partial charge on any atom is -0.469 e. The van der Waals surface area contributed by atoms with E-state index in [0.29, 0.717) is 25.9 Å². The Kier molecular flexibility index (Phi) is 4.68. The van der Waals surface area contributed by atoms with E-state index in [2.05, 4.69) is 19.2 Å². The smallest absolute Gasteiger partial charge is 0.308 e. The van der Waals surface area contributed by atoms with Gasteiger partial charge in [-0.25, -0.2) is 0 Å². The molecule has 0 aromatic carbocycles. The second-order valence-electron chi connectivity index (χ2n) is 6.60. The van der Waals surface area contributed by atoms with E-state index in [0.717, 1.165) is 19.4 Å². The lowest BCUT2D eigenvalue weighted by Gasteiger charge is -2.42. The van der Waals surface area contributed by atoms with Gasteiger partial charge in [0.1, 0.15) is 0 Å². The molecule has 0 spiro atoms. The van der Waals surface area contributed by atoms with Crippen LogP contribution in [0.2, 0.25) is 0 Å². The first-order valence-electron chi connectivity index (χ1n) is 7.55. The summed E-state index contributed by atoms with van der Waals surface area (Å²) in [6.07, 6.45) is 3.63. The number of carbonyl (C=O) groups is 2. The molecule has 0 radical (unpaired) electrons. The molecule has 2 aliphatic heterocycles. The van der Waals surface area contributed by atoms with Crippen LogP contribution in [0.4, 0.5) is 0 Å². The maximum Gasteiger partial charge on any atom is 0.308 e. The zero-order valence-corrected chi connectivity index (χ0v) is 12.8. The third-order valence-corrected chi connectivity index (χ3v) is 4.72. The fraction of sp³-hybridized carbons (Fsp3) is 0.867. The van der Waals surface area contributed by atoms with Crippen molar-refractivity contribution in [2.75, 3.05) is 26.7 Å². The highest BCUT2D eigenvalue weighted by Gasteiger charge is 2.40. The number of rotatable bonds is 2. The van der Waals surface area contributed by atoms with E-state index in [1.54, 1.807) is 0 Å². The van der Waals surface area contributed by atoms with Crippen LogP contribution in [0.5, 0.6) is 0 Å². The predicted octanol–water partition coefficient (Wildman–Crippen LogP) is 1.18. The molecule has 2 fully saturated rings. The summed E-state index contributed by atoms with van der Waals surface area (Å²) in [4.78, 5) is 26.1. The quantitative estimate of drug-likeness (QED) is 0.773. The van der Waals surface area contributed by atoms with Gasteiger partial charge in [-0.1, -0.05) is 13.8 Å². The van der Waals surface area contributed by atoms with Crippen molar-refractivity contribution < 1.29 is 14.3 Å². The molecular formula is C15H26N2O3. The normalized spacial score (nSPS) is 27.1. The van der Waals surface area contributed by atoms with Gasteiger partial charge in [-0.05, 0) is 37.6 Å². The number of methoxy groups -OCH3 is 1. The van der Waals surface area contributed by atoms with Crippen molar-refractivity contribution in [3.8, 4) is 0 Å². The van der Waals surface area contributed by atoms with E-state index in [9.17, 15) is 9.59 Å². The van der Waals surface area contributed by atoms with E-state index >= 15 is 0 Å². The Morgan fingerprint density at radius 1 is 1.25 bits per heavy atom. The molecule has 1 atom stereocenters. The van der Waals surface area contributed by atoms with Gasteiger partial charge in [-0.15, -0.1) is 0 Å². The first kappa shape index (κ1) is 15.3. The average Bonchev–Trinajstić information content (AvgIpc) is 2.45. The summed E-state index contributed by atoms with van der Waals surface area (Å²) in [6.45, 7) is 6.55. The summed E-state index contributed by atoms with van der Waals surface area (Å²) in [7, 11) is 1.42. The van der Waals surface area contributed by atoms with E-state index in [1.807, 2.05) is 4.90 Å². The highest BCUT2D eigenvalue weighted by molar-refractivity contribution is 5.83. The molecule has 2 heterocycles. The average molecular weight is 282 g/mol. The summed E-state index contributed by atoms with van der Waals surface area (Å²) in [6, 6.07) is -0.0917. The topological polar surface area (TPSA) is 58.6 Å². The van der Waals surface area contributed by atoms with Gasteiger partial charge >= 0.3 is 5.97 Å². The molecule has 0 bridgehead atoms. The van der Waals surface area contributed by atoms with Gasteiger partial charge in [0.05, 0.1) is 19.1 Å². The van der Waals surface area contributed by atoms with Gasteiger partial charge in [0, 0.05) is 13.1 Å². The lowest BCUT2D eigenvalue weighted by Crippen LogP contribution is -2.57. The number of hydrogen-bond donors (Lipinski definition) is 1. The van der Waals surface area contributed by atoms with Gasteiger partial charge in [0.15, 0.2) is 0 Å². The van der Waals surface area contributed by atoms with Crippen LogP contribution in [0, 0.1) is 11.3 Å². The second-order valence-corrected chi connectivity index (χ2v) is 6.60. The van der Waals surface area contributed by atoms with Crippen molar-refractivity contribution in [3.63, 3.8) is 0 Å². The summed E-state index contributed by atoms with van der Waals surface area (Å²) in [5.41, 5.74) is 0.00846. The molecule has 0 aromatic heterocycles. The van der Waals surface area contributed by atoms with Crippen molar-refractivity contribution in [2.45, 2.75) is 45.6 Å². The standard InChI is InChI=1S/C15H26N2O3/c1-15(2)7-4-8-16-12(15)13(18)17-9-5-11(6-10-17)14(19)20-3/h11-12,16H,4-10H2,1-3H3. The van der Waals surface area contributed by atoms with Crippen LogP contribution in [0.3, 0.4) is 0 Å². The number of nitrogens with one attached hydrogen (secondary N) is 1. The molecule has 0 saturated carbocycles. The summed E-state index contributed by atoms with van der Waals surface area (Å²) < 4.78 is 4.78. The predicted molar refractivity (Wildman–Crippen MR) is 76.1 cm³/mol. The highest BCUT2D eigenvalue weighted by atomic mass is 16.5. The molecule has 20 heavy (non-hydrogen) atoms. The van der Waals surface area contributed by atoms with Crippen LogP contribution >= 0.6 is 0 Å². The molecule has 5 heteroatoms.